The number of Topliss-reactive ketones (excluding diaryl/α,β-unsaturated/α-hetero) is 1. The van der Waals surface area contributed by atoms with Crippen LogP contribution in [0.2, 0.25) is 0 Å². The Hall–Kier alpha value is -1.15. The van der Waals surface area contributed by atoms with Crippen molar-refractivity contribution in [2.24, 2.45) is 0 Å². The van der Waals surface area contributed by atoms with Gasteiger partial charge in [-0.05, 0) is 24.0 Å². The number of carbonyl (C=O) groups is 1. The monoisotopic (exact) mass is 232 g/mol. The number of unbranched alkanes of at least 4 members (excludes halogenated alkanes) is 1. The molecule has 0 saturated heterocycles. The molecule has 2 nitrogen and oxygen atoms in total. The fourth-order valence-electron chi connectivity index (χ4n) is 2.33. The van der Waals surface area contributed by atoms with E-state index in [0.29, 0.717) is 18.6 Å². The summed E-state index contributed by atoms with van der Waals surface area (Å²) in [5.41, 5.74) is 2.55. The summed E-state index contributed by atoms with van der Waals surface area (Å²) in [7, 11) is 0. The third-order valence-electron chi connectivity index (χ3n) is 3.31. The number of hydrogen-bond donors (Lipinski definition) is 0. The van der Waals surface area contributed by atoms with Crippen molar-refractivity contribution < 1.29 is 9.53 Å². The molecule has 2 heteroatoms. The van der Waals surface area contributed by atoms with Gasteiger partial charge >= 0.3 is 0 Å². The van der Waals surface area contributed by atoms with Crippen molar-refractivity contribution in [3.63, 3.8) is 0 Å². The largest absolute Gasteiger partial charge is 0.373 e. The van der Waals surface area contributed by atoms with Gasteiger partial charge in [-0.15, -0.1) is 0 Å². The minimum absolute atomic E-state index is 0.00990. The molecular weight excluding hydrogens is 212 g/mol. The Kier molecular flexibility index (Phi) is 4.32. The first-order valence-electron chi connectivity index (χ1n) is 6.52. The number of ketones is 1. The van der Waals surface area contributed by atoms with E-state index in [0.717, 1.165) is 25.9 Å². The van der Waals surface area contributed by atoms with Crippen molar-refractivity contribution in [2.45, 2.75) is 45.1 Å². The maximum Gasteiger partial charge on any atom is 0.135 e. The lowest BCUT2D eigenvalue weighted by atomic mass is 9.94. The molecule has 92 valence electrons. The third kappa shape index (κ3) is 3.16. The fraction of sp³-hybridized carbons (Fsp3) is 0.533. The van der Waals surface area contributed by atoms with Crippen LogP contribution in [0.5, 0.6) is 0 Å². The standard InChI is InChI=1S/C15H20O2/c1-2-3-7-13(16)11-15-14-8-5-4-6-12(14)9-10-17-15/h4-6,8,15H,2-3,7,9-11H2,1H3. The van der Waals surface area contributed by atoms with Crippen molar-refractivity contribution in [3.05, 3.63) is 35.4 Å². The molecule has 1 aromatic rings. The van der Waals surface area contributed by atoms with Gasteiger partial charge in [-0.2, -0.15) is 0 Å². The molecule has 0 fully saturated rings. The van der Waals surface area contributed by atoms with E-state index in [1.54, 1.807) is 0 Å². The molecule has 0 bridgehead atoms. The molecule has 1 aliphatic heterocycles. The number of hydrogen-bond acceptors (Lipinski definition) is 2. The van der Waals surface area contributed by atoms with Gasteiger partial charge in [-0.3, -0.25) is 4.79 Å². The SMILES string of the molecule is CCCCC(=O)CC1OCCc2ccccc21. The smallest absolute Gasteiger partial charge is 0.135 e. The Morgan fingerprint density at radius 3 is 3.06 bits per heavy atom. The highest BCUT2D eigenvalue weighted by molar-refractivity contribution is 5.79. The van der Waals surface area contributed by atoms with E-state index in [2.05, 4.69) is 25.1 Å². The molecule has 1 atom stereocenters. The van der Waals surface area contributed by atoms with Gasteiger partial charge in [0.05, 0.1) is 12.7 Å². The van der Waals surface area contributed by atoms with Crippen LogP contribution >= 0.6 is 0 Å². The third-order valence-corrected chi connectivity index (χ3v) is 3.31. The zero-order valence-electron chi connectivity index (χ0n) is 10.4. The van der Waals surface area contributed by atoms with Crippen LogP contribution in [0.15, 0.2) is 24.3 Å². The van der Waals surface area contributed by atoms with E-state index in [-0.39, 0.29) is 6.10 Å². The molecule has 0 amide bonds. The Bertz CT molecular complexity index is 384. The fourth-order valence-corrected chi connectivity index (χ4v) is 2.33. The second-order valence-corrected chi connectivity index (χ2v) is 4.65. The molecule has 0 radical (unpaired) electrons. The van der Waals surface area contributed by atoms with Crippen LogP contribution in [-0.2, 0) is 16.0 Å². The zero-order valence-corrected chi connectivity index (χ0v) is 10.4. The lowest BCUT2D eigenvalue weighted by molar-refractivity contribution is -0.122. The van der Waals surface area contributed by atoms with Gasteiger partial charge in [0.15, 0.2) is 0 Å². The molecule has 0 spiro atoms. The molecule has 0 aromatic heterocycles. The highest BCUT2D eigenvalue weighted by atomic mass is 16.5. The van der Waals surface area contributed by atoms with E-state index in [1.807, 2.05) is 6.07 Å². The highest BCUT2D eigenvalue weighted by Gasteiger charge is 2.22. The molecule has 0 aliphatic carbocycles. The summed E-state index contributed by atoms with van der Waals surface area (Å²) < 4.78 is 5.73. The summed E-state index contributed by atoms with van der Waals surface area (Å²) in [4.78, 5) is 11.8. The molecule has 2 rings (SSSR count). The van der Waals surface area contributed by atoms with Crippen LogP contribution in [0.3, 0.4) is 0 Å². The number of ether oxygens (including phenoxy) is 1. The molecule has 1 heterocycles. The first-order chi connectivity index (χ1) is 8.31. The molecule has 1 unspecified atom stereocenters. The Labute approximate surface area is 103 Å². The van der Waals surface area contributed by atoms with Crippen LogP contribution < -0.4 is 0 Å². The Balaban J connectivity index is 2.01. The maximum atomic E-state index is 11.8. The van der Waals surface area contributed by atoms with Gasteiger partial charge in [0.25, 0.3) is 0 Å². The van der Waals surface area contributed by atoms with Crippen molar-refractivity contribution >= 4 is 5.78 Å². The van der Waals surface area contributed by atoms with E-state index >= 15 is 0 Å². The average Bonchev–Trinajstić information content (AvgIpc) is 2.37. The van der Waals surface area contributed by atoms with Crippen LogP contribution in [0.25, 0.3) is 0 Å². The Morgan fingerprint density at radius 2 is 2.24 bits per heavy atom. The van der Waals surface area contributed by atoms with Crippen LogP contribution in [0.1, 0.15) is 49.8 Å². The van der Waals surface area contributed by atoms with Gasteiger partial charge in [0, 0.05) is 12.8 Å². The number of rotatable bonds is 5. The van der Waals surface area contributed by atoms with E-state index in [9.17, 15) is 4.79 Å². The number of benzene rings is 1. The molecule has 1 aromatic carbocycles. The minimum Gasteiger partial charge on any atom is -0.373 e. The van der Waals surface area contributed by atoms with Crippen LogP contribution in [-0.4, -0.2) is 12.4 Å². The molecule has 17 heavy (non-hydrogen) atoms. The summed E-state index contributed by atoms with van der Waals surface area (Å²) in [5.74, 6) is 0.327. The first kappa shape index (κ1) is 12.3. The normalized spacial score (nSPS) is 18.8. The second kappa shape index (κ2) is 5.97. The first-order valence-corrected chi connectivity index (χ1v) is 6.52. The van der Waals surface area contributed by atoms with E-state index in [4.69, 9.17) is 4.74 Å². The van der Waals surface area contributed by atoms with Crippen molar-refractivity contribution in [2.75, 3.05) is 6.61 Å². The zero-order chi connectivity index (χ0) is 12.1. The lowest BCUT2D eigenvalue weighted by Gasteiger charge is -2.25. The predicted molar refractivity (Wildman–Crippen MR) is 68.0 cm³/mol. The second-order valence-electron chi connectivity index (χ2n) is 4.65. The average molecular weight is 232 g/mol. The number of fused-ring (bicyclic) bond motifs is 1. The minimum atomic E-state index is -0.00990. The van der Waals surface area contributed by atoms with Crippen molar-refractivity contribution in [1.82, 2.24) is 0 Å². The molecule has 0 N–H and O–H groups in total. The van der Waals surface area contributed by atoms with E-state index in [1.165, 1.54) is 11.1 Å². The summed E-state index contributed by atoms with van der Waals surface area (Å²) in [6.45, 7) is 2.85. The lowest BCUT2D eigenvalue weighted by Crippen LogP contribution is -2.19. The van der Waals surface area contributed by atoms with Crippen LogP contribution in [0.4, 0.5) is 0 Å². The van der Waals surface area contributed by atoms with Gasteiger partial charge in [0.2, 0.25) is 0 Å². The summed E-state index contributed by atoms with van der Waals surface area (Å²) in [5, 5.41) is 0. The maximum absolute atomic E-state index is 11.8. The quantitative estimate of drug-likeness (QED) is 0.777. The van der Waals surface area contributed by atoms with Crippen LogP contribution in [0, 0.1) is 0 Å². The van der Waals surface area contributed by atoms with Gasteiger partial charge in [-0.1, -0.05) is 37.6 Å². The van der Waals surface area contributed by atoms with Crippen molar-refractivity contribution in [3.8, 4) is 0 Å². The van der Waals surface area contributed by atoms with Gasteiger partial charge in [0.1, 0.15) is 5.78 Å². The topological polar surface area (TPSA) is 26.3 Å². The summed E-state index contributed by atoms with van der Waals surface area (Å²) in [6.07, 6.45) is 4.26. The van der Waals surface area contributed by atoms with Gasteiger partial charge < -0.3 is 4.74 Å². The predicted octanol–water partition coefficient (Wildman–Crippen LogP) is 3.45. The molecular formula is C15H20O2. The molecule has 1 aliphatic rings. The summed E-state index contributed by atoms with van der Waals surface area (Å²) in [6, 6.07) is 8.31. The Morgan fingerprint density at radius 1 is 1.41 bits per heavy atom. The van der Waals surface area contributed by atoms with E-state index < -0.39 is 0 Å². The van der Waals surface area contributed by atoms with Crippen molar-refractivity contribution in [1.29, 1.82) is 0 Å². The van der Waals surface area contributed by atoms with Gasteiger partial charge in [-0.25, -0.2) is 0 Å². The molecule has 0 saturated carbocycles. The number of carbonyl (C=O) groups excluding carboxylic acids is 1. The summed E-state index contributed by atoms with van der Waals surface area (Å²) >= 11 is 0. The highest BCUT2D eigenvalue weighted by Crippen LogP contribution is 2.30.